The van der Waals surface area contributed by atoms with Crippen LogP contribution < -0.4 is 9.50 Å². The average Bonchev–Trinajstić information content (AvgIpc) is 2.53. The van der Waals surface area contributed by atoms with Gasteiger partial charge in [0.05, 0.1) is 6.04 Å². The molecule has 1 atom stereocenters. The van der Waals surface area contributed by atoms with Crippen molar-refractivity contribution in [3.05, 3.63) is 65.7 Å². The fraction of sp³-hybridized carbons (Fsp3) is 0.188. The number of carbonyl (C=O) groups is 1. The summed E-state index contributed by atoms with van der Waals surface area (Å²) in [5.74, 6) is -0.774. The van der Waals surface area contributed by atoms with Crippen LogP contribution in [-0.4, -0.2) is 19.8 Å². The van der Waals surface area contributed by atoms with E-state index < -0.39 is 27.4 Å². The van der Waals surface area contributed by atoms with E-state index in [1.807, 2.05) is 0 Å². The molecule has 0 saturated carbocycles. The van der Waals surface area contributed by atoms with Crippen molar-refractivity contribution in [1.29, 1.82) is 0 Å². The standard InChI is InChI=1S/C16H14F3NO4S/c1-11(21)20-15(12-5-3-2-4-6-12)13-7-9-14(10-8-13)24-25(22,23)16(17,18)19/h2-10,15H,1H3,(H,20,21)/t15-/m0/s1. The smallest absolute Gasteiger partial charge is 0.376 e. The van der Waals surface area contributed by atoms with E-state index in [2.05, 4.69) is 9.50 Å². The zero-order valence-corrected chi connectivity index (χ0v) is 13.8. The molecule has 0 aliphatic rings. The largest absolute Gasteiger partial charge is 0.534 e. The molecule has 0 aromatic heterocycles. The Bertz CT molecular complexity index is 834. The topological polar surface area (TPSA) is 72.5 Å². The molecule has 2 aromatic carbocycles. The Kier molecular flexibility index (Phi) is 5.36. The normalized spacial score (nSPS) is 13.1. The van der Waals surface area contributed by atoms with Crippen LogP contribution in [0.15, 0.2) is 54.6 Å². The van der Waals surface area contributed by atoms with E-state index in [1.165, 1.54) is 19.1 Å². The van der Waals surface area contributed by atoms with Crippen molar-refractivity contribution in [2.45, 2.75) is 18.5 Å². The molecule has 0 unspecified atom stereocenters. The summed E-state index contributed by atoms with van der Waals surface area (Å²) in [5.41, 5.74) is -4.19. The molecule has 2 rings (SSSR count). The minimum Gasteiger partial charge on any atom is -0.376 e. The van der Waals surface area contributed by atoms with Gasteiger partial charge in [0.25, 0.3) is 0 Å². The van der Waals surface area contributed by atoms with Crippen LogP contribution in [0.25, 0.3) is 0 Å². The van der Waals surface area contributed by atoms with Crippen molar-refractivity contribution in [2.24, 2.45) is 0 Å². The second kappa shape index (κ2) is 7.14. The minimum atomic E-state index is -5.72. The Balaban J connectivity index is 2.29. The van der Waals surface area contributed by atoms with Crippen LogP contribution in [0.3, 0.4) is 0 Å². The lowest BCUT2D eigenvalue weighted by Crippen LogP contribution is -2.28. The second-order valence-corrected chi connectivity index (χ2v) is 6.63. The monoisotopic (exact) mass is 373 g/mol. The van der Waals surface area contributed by atoms with Crippen LogP contribution in [0.5, 0.6) is 5.75 Å². The van der Waals surface area contributed by atoms with Gasteiger partial charge in [0.2, 0.25) is 5.91 Å². The molecule has 5 nitrogen and oxygen atoms in total. The summed E-state index contributed by atoms with van der Waals surface area (Å²) in [6.45, 7) is 1.34. The second-order valence-electron chi connectivity index (χ2n) is 5.10. The van der Waals surface area contributed by atoms with Gasteiger partial charge in [0.1, 0.15) is 5.75 Å². The van der Waals surface area contributed by atoms with Crippen molar-refractivity contribution in [3.8, 4) is 5.75 Å². The van der Waals surface area contributed by atoms with Gasteiger partial charge in [-0.3, -0.25) is 4.79 Å². The molecule has 0 fully saturated rings. The number of amides is 1. The number of hydrogen-bond donors (Lipinski definition) is 1. The fourth-order valence-corrected chi connectivity index (χ4v) is 2.56. The zero-order valence-electron chi connectivity index (χ0n) is 12.9. The van der Waals surface area contributed by atoms with Crippen LogP contribution in [0.2, 0.25) is 0 Å². The molecule has 1 N–H and O–H groups in total. The van der Waals surface area contributed by atoms with Gasteiger partial charge in [0, 0.05) is 6.92 Å². The average molecular weight is 373 g/mol. The molecule has 134 valence electrons. The van der Waals surface area contributed by atoms with Crippen molar-refractivity contribution in [2.75, 3.05) is 0 Å². The zero-order chi connectivity index (χ0) is 18.7. The number of rotatable bonds is 5. The van der Waals surface area contributed by atoms with Gasteiger partial charge >= 0.3 is 15.6 Å². The number of alkyl halides is 3. The van der Waals surface area contributed by atoms with E-state index in [-0.39, 0.29) is 5.91 Å². The van der Waals surface area contributed by atoms with Gasteiger partial charge < -0.3 is 9.50 Å². The van der Waals surface area contributed by atoms with Gasteiger partial charge in [-0.05, 0) is 23.3 Å². The summed E-state index contributed by atoms with van der Waals surface area (Å²) in [6, 6.07) is 13.3. The number of benzene rings is 2. The predicted octanol–water partition coefficient (Wildman–Crippen LogP) is 3.14. The third-order valence-corrected chi connectivity index (χ3v) is 4.16. The molecule has 2 aromatic rings. The van der Waals surface area contributed by atoms with E-state index >= 15 is 0 Å². The number of halogens is 3. The lowest BCUT2D eigenvalue weighted by Gasteiger charge is -2.19. The lowest BCUT2D eigenvalue weighted by atomic mass is 9.98. The molecule has 0 heterocycles. The summed E-state index contributed by atoms with van der Waals surface area (Å²) >= 11 is 0. The molecule has 0 spiro atoms. The molecule has 0 aliphatic carbocycles. The van der Waals surface area contributed by atoms with Crippen LogP contribution in [-0.2, 0) is 14.9 Å². The molecule has 0 radical (unpaired) electrons. The number of hydrogen-bond acceptors (Lipinski definition) is 4. The number of nitrogens with one attached hydrogen (secondary N) is 1. The van der Waals surface area contributed by atoms with Gasteiger partial charge in [-0.15, -0.1) is 0 Å². The highest BCUT2D eigenvalue weighted by molar-refractivity contribution is 7.88. The SMILES string of the molecule is CC(=O)N[C@@H](c1ccccc1)c1ccc(OS(=O)(=O)C(F)(F)F)cc1. The van der Waals surface area contributed by atoms with Crippen molar-refractivity contribution >= 4 is 16.0 Å². The van der Waals surface area contributed by atoms with Crippen LogP contribution in [0.4, 0.5) is 13.2 Å². The lowest BCUT2D eigenvalue weighted by molar-refractivity contribution is -0.119. The summed E-state index contributed by atoms with van der Waals surface area (Å²) in [6.07, 6.45) is 0. The first kappa shape index (κ1) is 18.8. The van der Waals surface area contributed by atoms with Crippen molar-refractivity contribution < 1.29 is 30.6 Å². The van der Waals surface area contributed by atoms with E-state index in [1.54, 1.807) is 30.3 Å². The maximum atomic E-state index is 12.3. The molecule has 0 aliphatic heterocycles. The van der Waals surface area contributed by atoms with E-state index in [0.717, 1.165) is 17.7 Å². The summed E-state index contributed by atoms with van der Waals surface area (Å²) in [5, 5.41) is 2.73. The van der Waals surface area contributed by atoms with Gasteiger partial charge in [-0.1, -0.05) is 42.5 Å². The Morgan fingerprint density at radius 1 is 1.00 bits per heavy atom. The maximum absolute atomic E-state index is 12.3. The Hall–Kier alpha value is -2.55. The predicted molar refractivity (Wildman–Crippen MR) is 84.1 cm³/mol. The van der Waals surface area contributed by atoms with E-state index in [0.29, 0.717) is 5.56 Å². The third-order valence-electron chi connectivity index (χ3n) is 3.18. The minimum absolute atomic E-state index is 0.297. The first-order valence-corrected chi connectivity index (χ1v) is 8.44. The molecule has 0 saturated heterocycles. The van der Waals surface area contributed by atoms with Crippen molar-refractivity contribution in [1.82, 2.24) is 5.32 Å². The van der Waals surface area contributed by atoms with Gasteiger partial charge in [-0.2, -0.15) is 21.6 Å². The van der Waals surface area contributed by atoms with E-state index in [9.17, 15) is 26.4 Å². The summed E-state index contributed by atoms with van der Waals surface area (Å²) < 4.78 is 63.0. The van der Waals surface area contributed by atoms with Crippen molar-refractivity contribution in [3.63, 3.8) is 0 Å². The highest BCUT2D eigenvalue weighted by atomic mass is 32.2. The molecule has 1 amide bonds. The fourth-order valence-electron chi connectivity index (χ4n) is 2.10. The Morgan fingerprint density at radius 2 is 1.52 bits per heavy atom. The molecular formula is C16H14F3NO4S. The molecule has 0 bridgehead atoms. The molecule has 25 heavy (non-hydrogen) atoms. The highest BCUT2D eigenvalue weighted by Crippen LogP contribution is 2.29. The maximum Gasteiger partial charge on any atom is 0.534 e. The first-order valence-electron chi connectivity index (χ1n) is 7.03. The van der Waals surface area contributed by atoms with Crippen LogP contribution >= 0.6 is 0 Å². The molecule has 9 heteroatoms. The van der Waals surface area contributed by atoms with Crippen LogP contribution in [0, 0.1) is 0 Å². The Morgan fingerprint density at radius 3 is 2.00 bits per heavy atom. The van der Waals surface area contributed by atoms with Crippen LogP contribution in [0.1, 0.15) is 24.1 Å². The number of carbonyl (C=O) groups excluding carboxylic acids is 1. The quantitative estimate of drug-likeness (QED) is 0.646. The first-order chi connectivity index (χ1) is 11.6. The van der Waals surface area contributed by atoms with Gasteiger partial charge in [0.15, 0.2) is 0 Å². The third kappa shape index (κ3) is 4.72. The summed E-state index contributed by atoms with van der Waals surface area (Å²) in [7, 11) is -5.72. The highest BCUT2D eigenvalue weighted by Gasteiger charge is 2.48. The Labute approximate surface area is 142 Å². The molecular weight excluding hydrogens is 359 g/mol. The van der Waals surface area contributed by atoms with E-state index in [4.69, 9.17) is 0 Å². The summed E-state index contributed by atoms with van der Waals surface area (Å²) in [4.78, 5) is 11.4. The van der Waals surface area contributed by atoms with Gasteiger partial charge in [-0.25, -0.2) is 0 Å².